The summed E-state index contributed by atoms with van der Waals surface area (Å²) in [5.74, 6) is 0.793. The van der Waals surface area contributed by atoms with Crippen LogP contribution in [-0.2, 0) is 22.7 Å². The van der Waals surface area contributed by atoms with Crippen LogP contribution >= 0.6 is 0 Å². The van der Waals surface area contributed by atoms with Crippen LogP contribution < -0.4 is 4.74 Å². The molecule has 0 aliphatic carbocycles. The topological polar surface area (TPSA) is 51.7 Å². The molecule has 0 unspecified atom stereocenters. The summed E-state index contributed by atoms with van der Waals surface area (Å²) >= 11 is 0. The quantitative estimate of drug-likeness (QED) is 0.661. The molecule has 2 heterocycles. The van der Waals surface area contributed by atoms with Crippen LogP contribution in [0, 0.1) is 0 Å². The van der Waals surface area contributed by atoms with E-state index in [1.54, 1.807) is 6.20 Å². The highest BCUT2D eigenvalue weighted by atomic mass is 16.5. The molecule has 1 amide bonds. The van der Waals surface area contributed by atoms with Gasteiger partial charge in [-0.15, -0.1) is 0 Å². The Kier molecular flexibility index (Phi) is 5.86. The van der Waals surface area contributed by atoms with Gasteiger partial charge in [0, 0.05) is 30.1 Å². The number of hydrogen-bond donors (Lipinski definition) is 0. The Balaban J connectivity index is 1.46. The van der Waals surface area contributed by atoms with Gasteiger partial charge in [0.05, 0.1) is 12.6 Å². The Morgan fingerprint density at radius 1 is 1.14 bits per heavy atom. The van der Waals surface area contributed by atoms with Crippen molar-refractivity contribution < 1.29 is 14.3 Å². The average Bonchev–Trinajstić information content (AvgIpc) is 2.93. The van der Waals surface area contributed by atoms with Gasteiger partial charge in [-0.05, 0) is 36.2 Å². The number of nitrogens with zero attached hydrogens (tertiary/aromatic N) is 2. The first-order valence-electron chi connectivity index (χ1n) is 9.78. The van der Waals surface area contributed by atoms with E-state index in [0.717, 1.165) is 28.0 Å². The molecule has 1 aromatic heterocycles. The molecular formula is C24H24N2O3. The van der Waals surface area contributed by atoms with Crippen LogP contribution in [0.5, 0.6) is 5.75 Å². The zero-order valence-corrected chi connectivity index (χ0v) is 16.5. The first kappa shape index (κ1) is 19.2. The smallest absolute Gasteiger partial charge is 0.249 e. The number of benzene rings is 2. The molecule has 0 radical (unpaired) electrons. The standard InChI is InChI=1S/C24H24N2O3/c1-18-15-29-23-10-9-20(21-8-5-11-25-13-21)12-22(23)14-26(18)24(27)17-28-16-19-6-3-2-4-7-19/h2-13,18H,14-17H2,1H3/t18-/m0/s1. The number of pyridine rings is 1. The van der Waals surface area contributed by atoms with E-state index in [-0.39, 0.29) is 18.6 Å². The Morgan fingerprint density at radius 3 is 2.79 bits per heavy atom. The normalized spacial score (nSPS) is 15.9. The Bertz CT molecular complexity index is 960. The second-order valence-electron chi connectivity index (χ2n) is 7.22. The number of ether oxygens (including phenoxy) is 2. The molecule has 1 atom stereocenters. The average molecular weight is 388 g/mol. The first-order valence-corrected chi connectivity index (χ1v) is 9.78. The molecule has 148 valence electrons. The van der Waals surface area contributed by atoms with Crippen molar-refractivity contribution in [3.8, 4) is 16.9 Å². The van der Waals surface area contributed by atoms with Crippen molar-refractivity contribution >= 4 is 5.91 Å². The number of aromatic nitrogens is 1. The van der Waals surface area contributed by atoms with Crippen LogP contribution in [0.1, 0.15) is 18.1 Å². The number of hydrogen-bond acceptors (Lipinski definition) is 4. The van der Waals surface area contributed by atoms with Gasteiger partial charge in [-0.2, -0.15) is 0 Å². The minimum atomic E-state index is -0.0309. The summed E-state index contributed by atoms with van der Waals surface area (Å²) in [6.07, 6.45) is 3.59. The van der Waals surface area contributed by atoms with Crippen molar-refractivity contribution in [2.45, 2.75) is 26.1 Å². The van der Waals surface area contributed by atoms with Gasteiger partial charge in [-0.1, -0.05) is 42.5 Å². The predicted octanol–water partition coefficient (Wildman–Crippen LogP) is 4.07. The maximum atomic E-state index is 12.9. The lowest BCUT2D eigenvalue weighted by atomic mass is 10.0. The summed E-state index contributed by atoms with van der Waals surface area (Å²) in [5.41, 5.74) is 4.14. The highest BCUT2D eigenvalue weighted by molar-refractivity contribution is 5.78. The third-order valence-corrected chi connectivity index (χ3v) is 5.07. The molecule has 5 heteroatoms. The van der Waals surface area contributed by atoms with E-state index in [0.29, 0.717) is 19.8 Å². The van der Waals surface area contributed by atoms with E-state index in [2.05, 4.69) is 11.1 Å². The zero-order chi connectivity index (χ0) is 20.1. The molecule has 0 bridgehead atoms. The highest BCUT2D eigenvalue weighted by Crippen LogP contribution is 2.30. The van der Waals surface area contributed by atoms with E-state index < -0.39 is 0 Å². The molecule has 5 nitrogen and oxygen atoms in total. The molecule has 0 N–H and O–H groups in total. The SMILES string of the molecule is C[C@H]1COc2ccc(-c3cccnc3)cc2CN1C(=O)COCc1ccccc1. The molecule has 0 fully saturated rings. The zero-order valence-electron chi connectivity index (χ0n) is 16.5. The maximum Gasteiger partial charge on any atom is 0.249 e. The minimum absolute atomic E-state index is 0.0305. The molecule has 0 saturated heterocycles. The van der Waals surface area contributed by atoms with E-state index in [1.807, 2.05) is 72.6 Å². The van der Waals surface area contributed by atoms with Crippen molar-refractivity contribution in [2.24, 2.45) is 0 Å². The summed E-state index contributed by atoms with van der Waals surface area (Å²) < 4.78 is 11.6. The van der Waals surface area contributed by atoms with Crippen molar-refractivity contribution in [1.29, 1.82) is 0 Å². The fourth-order valence-electron chi connectivity index (χ4n) is 3.44. The fraction of sp³-hybridized carbons (Fsp3) is 0.250. The lowest BCUT2D eigenvalue weighted by molar-refractivity contribution is -0.139. The van der Waals surface area contributed by atoms with Crippen molar-refractivity contribution in [3.05, 3.63) is 84.2 Å². The summed E-state index contributed by atoms with van der Waals surface area (Å²) in [7, 11) is 0. The van der Waals surface area contributed by atoms with Crippen molar-refractivity contribution in [3.63, 3.8) is 0 Å². The van der Waals surface area contributed by atoms with Crippen molar-refractivity contribution in [2.75, 3.05) is 13.2 Å². The molecular weight excluding hydrogens is 364 g/mol. The van der Waals surface area contributed by atoms with E-state index >= 15 is 0 Å². The van der Waals surface area contributed by atoms with Crippen LogP contribution in [0.3, 0.4) is 0 Å². The van der Waals surface area contributed by atoms with Gasteiger partial charge in [-0.3, -0.25) is 9.78 Å². The van der Waals surface area contributed by atoms with E-state index in [1.165, 1.54) is 0 Å². The van der Waals surface area contributed by atoms with Gasteiger partial charge >= 0.3 is 0 Å². The third kappa shape index (κ3) is 4.63. The summed E-state index contributed by atoms with van der Waals surface area (Å²) in [6.45, 7) is 3.44. The van der Waals surface area contributed by atoms with E-state index in [4.69, 9.17) is 9.47 Å². The number of fused-ring (bicyclic) bond motifs is 1. The predicted molar refractivity (Wildman–Crippen MR) is 111 cm³/mol. The largest absolute Gasteiger partial charge is 0.491 e. The Morgan fingerprint density at radius 2 is 2.00 bits per heavy atom. The number of rotatable bonds is 5. The monoisotopic (exact) mass is 388 g/mol. The summed E-state index contributed by atoms with van der Waals surface area (Å²) in [4.78, 5) is 18.9. The molecule has 1 aliphatic rings. The first-order chi connectivity index (χ1) is 14.2. The molecule has 4 rings (SSSR count). The number of carbonyl (C=O) groups excluding carboxylic acids is 1. The second-order valence-corrected chi connectivity index (χ2v) is 7.22. The van der Waals surface area contributed by atoms with Gasteiger partial charge in [0.25, 0.3) is 0 Å². The maximum absolute atomic E-state index is 12.9. The van der Waals surface area contributed by atoms with Gasteiger partial charge in [0.1, 0.15) is 19.0 Å². The van der Waals surface area contributed by atoms with Crippen LogP contribution in [0.4, 0.5) is 0 Å². The van der Waals surface area contributed by atoms with Crippen LogP contribution in [0.2, 0.25) is 0 Å². The summed E-state index contributed by atoms with van der Waals surface area (Å²) in [5, 5.41) is 0. The van der Waals surface area contributed by atoms with Gasteiger partial charge in [0.2, 0.25) is 5.91 Å². The lowest BCUT2D eigenvalue weighted by Crippen LogP contribution is -2.41. The Hall–Kier alpha value is -3.18. The second kappa shape index (κ2) is 8.88. The van der Waals surface area contributed by atoms with Crippen LogP contribution in [-0.4, -0.2) is 35.0 Å². The van der Waals surface area contributed by atoms with Gasteiger partial charge in [-0.25, -0.2) is 0 Å². The molecule has 3 aromatic rings. The third-order valence-electron chi connectivity index (χ3n) is 5.07. The van der Waals surface area contributed by atoms with Crippen LogP contribution in [0.25, 0.3) is 11.1 Å². The molecule has 29 heavy (non-hydrogen) atoms. The molecule has 0 spiro atoms. The molecule has 2 aromatic carbocycles. The number of amides is 1. The Labute approximate surface area is 170 Å². The van der Waals surface area contributed by atoms with Gasteiger partial charge in [0.15, 0.2) is 0 Å². The van der Waals surface area contributed by atoms with E-state index in [9.17, 15) is 4.79 Å². The number of carbonyl (C=O) groups is 1. The summed E-state index contributed by atoms with van der Waals surface area (Å²) in [6, 6.07) is 19.9. The lowest BCUT2D eigenvalue weighted by Gasteiger charge is -2.26. The molecule has 1 aliphatic heterocycles. The fourth-order valence-corrected chi connectivity index (χ4v) is 3.44. The minimum Gasteiger partial charge on any atom is -0.491 e. The highest BCUT2D eigenvalue weighted by Gasteiger charge is 2.26. The molecule has 0 saturated carbocycles. The van der Waals surface area contributed by atoms with Crippen molar-refractivity contribution in [1.82, 2.24) is 9.88 Å². The van der Waals surface area contributed by atoms with Gasteiger partial charge < -0.3 is 14.4 Å². The van der Waals surface area contributed by atoms with Crippen LogP contribution in [0.15, 0.2) is 73.1 Å².